The lowest BCUT2D eigenvalue weighted by atomic mass is 10.2. The summed E-state index contributed by atoms with van der Waals surface area (Å²) in [6.07, 6.45) is 1.64. The fourth-order valence-electron chi connectivity index (χ4n) is 2.74. The molecule has 8 heteroatoms. The summed E-state index contributed by atoms with van der Waals surface area (Å²) in [7, 11) is 3.30. The van der Waals surface area contributed by atoms with Crippen LogP contribution in [-0.2, 0) is 17.9 Å². The normalized spacial score (nSPS) is 10.6. The minimum absolute atomic E-state index is 0.0266. The van der Waals surface area contributed by atoms with Gasteiger partial charge in [0.25, 0.3) is 5.56 Å². The second-order valence-electron chi connectivity index (χ2n) is 6.63. The third-order valence-electron chi connectivity index (χ3n) is 4.31. The minimum atomic E-state index is -0.590. The van der Waals surface area contributed by atoms with Crippen LogP contribution in [-0.4, -0.2) is 41.0 Å². The van der Waals surface area contributed by atoms with Gasteiger partial charge in [-0.3, -0.25) is 19.1 Å². The van der Waals surface area contributed by atoms with Gasteiger partial charge in [0.05, 0.1) is 6.54 Å². The first-order valence-corrected chi connectivity index (χ1v) is 8.96. The molecule has 0 saturated carbocycles. The average molecular weight is 373 g/mol. The molecule has 1 amide bonds. The zero-order valence-corrected chi connectivity index (χ0v) is 16.1. The maximum absolute atomic E-state index is 12.6. The van der Waals surface area contributed by atoms with E-state index in [0.29, 0.717) is 13.1 Å². The quantitative estimate of drug-likeness (QED) is 0.719. The van der Waals surface area contributed by atoms with E-state index in [0.717, 1.165) is 18.4 Å². The molecule has 146 valence electrons. The smallest absolute Gasteiger partial charge is 0.330 e. The standard InChI is InChI=1S/C19H27N5O3/c1-4-5-11-24-17(20)16(18(26)21-19(24)27)23(13-15(25)22(2)3)12-14-9-7-6-8-10-14/h6-10H,4-5,11-13,20H2,1-3H3,(H,21,26,27). The number of carbonyl (C=O) groups is 1. The Bertz CT molecular complexity index is 886. The summed E-state index contributed by atoms with van der Waals surface area (Å²) in [5.74, 6) is -0.0873. The number of nitrogens with zero attached hydrogens (tertiary/aromatic N) is 3. The molecule has 0 fully saturated rings. The van der Waals surface area contributed by atoms with Gasteiger partial charge in [-0.05, 0) is 12.0 Å². The van der Waals surface area contributed by atoms with Crippen LogP contribution in [0.4, 0.5) is 11.5 Å². The van der Waals surface area contributed by atoms with Gasteiger partial charge in [0, 0.05) is 27.2 Å². The number of rotatable bonds is 8. The number of carbonyl (C=O) groups excluding carboxylic acids is 1. The molecule has 1 heterocycles. The number of nitrogens with two attached hydrogens (primary N) is 1. The Balaban J connectivity index is 2.52. The molecule has 3 N–H and O–H groups in total. The molecular weight excluding hydrogens is 346 g/mol. The van der Waals surface area contributed by atoms with Gasteiger partial charge in [-0.1, -0.05) is 43.7 Å². The van der Waals surface area contributed by atoms with Gasteiger partial charge in [0.2, 0.25) is 5.91 Å². The molecule has 0 bridgehead atoms. The molecule has 0 aliphatic carbocycles. The number of anilines is 2. The van der Waals surface area contributed by atoms with Crippen molar-refractivity contribution in [2.45, 2.75) is 32.9 Å². The molecule has 0 aliphatic rings. The summed E-state index contributed by atoms with van der Waals surface area (Å²) < 4.78 is 1.36. The summed E-state index contributed by atoms with van der Waals surface area (Å²) in [6, 6.07) is 9.48. The summed E-state index contributed by atoms with van der Waals surface area (Å²) in [6.45, 7) is 2.71. The lowest BCUT2D eigenvalue weighted by Crippen LogP contribution is -2.42. The number of nitrogen functional groups attached to an aromatic ring is 1. The lowest BCUT2D eigenvalue weighted by molar-refractivity contribution is -0.127. The molecule has 0 spiro atoms. The van der Waals surface area contributed by atoms with Crippen LogP contribution in [0.25, 0.3) is 0 Å². The number of hydrogen-bond acceptors (Lipinski definition) is 5. The Morgan fingerprint density at radius 2 is 1.85 bits per heavy atom. The summed E-state index contributed by atoms with van der Waals surface area (Å²) in [5.41, 5.74) is 6.15. The molecule has 0 atom stereocenters. The largest absolute Gasteiger partial charge is 0.383 e. The predicted molar refractivity (Wildman–Crippen MR) is 107 cm³/mol. The molecule has 8 nitrogen and oxygen atoms in total. The van der Waals surface area contributed by atoms with Crippen LogP contribution in [0.3, 0.4) is 0 Å². The monoisotopic (exact) mass is 373 g/mol. The van der Waals surface area contributed by atoms with Crippen molar-refractivity contribution < 1.29 is 4.79 Å². The molecular formula is C19H27N5O3. The first-order chi connectivity index (χ1) is 12.8. The zero-order valence-electron chi connectivity index (χ0n) is 16.1. The number of likely N-dealkylation sites (N-methyl/N-ethyl adjacent to an activating group) is 1. The summed E-state index contributed by atoms with van der Waals surface area (Å²) in [5, 5.41) is 0. The summed E-state index contributed by atoms with van der Waals surface area (Å²) in [4.78, 5) is 42.4. The fraction of sp³-hybridized carbons (Fsp3) is 0.421. The van der Waals surface area contributed by atoms with E-state index in [1.807, 2.05) is 37.3 Å². The molecule has 27 heavy (non-hydrogen) atoms. The first kappa shape index (κ1) is 20.3. The van der Waals surface area contributed by atoms with Crippen molar-refractivity contribution in [3.63, 3.8) is 0 Å². The molecule has 0 radical (unpaired) electrons. The van der Waals surface area contributed by atoms with E-state index in [-0.39, 0.29) is 24.0 Å². The highest BCUT2D eigenvalue weighted by molar-refractivity contribution is 5.82. The minimum Gasteiger partial charge on any atom is -0.383 e. The Morgan fingerprint density at radius 3 is 2.44 bits per heavy atom. The zero-order chi connectivity index (χ0) is 20.0. The van der Waals surface area contributed by atoms with Gasteiger partial charge in [0.15, 0.2) is 0 Å². The highest BCUT2D eigenvalue weighted by atomic mass is 16.2. The third kappa shape index (κ3) is 4.99. The van der Waals surface area contributed by atoms with Crippen LogP contribution in [0.1, 0.15) is 25.3 Å². The van der Waals surface area contributed by atoms with Crippen LogP contribution < -0.4 is 21.9 Å². The lowest BCUT2D eigenvalue weighted by Gasteiger charge is -2.27. The molecule has 1 aromatic heterocycles. The number of H-pyrrole nitrogens is 1. The third-order valence-corrected chi connectivity index (χ3v) is 4.31. The van der Waals surface area contributed by atoms with Crippen molar-refractivity contribution in [1.82, 2.24) is 14.5 Å². The highest BCUT2D eigenvalue weighted by Gasteiger charge is 2.22. The number of amides is 1. The number of benzene rings is 1. The van der Waals surface area contributed by atoms with Crippen LogP contribution in [0.5, 0.6) is 0 Å². The fourth-order valence-corrected chi connectivity index (χ4v) is 2.74. The van der Waals surface area contributed by atoms with Crippen molar-refractivity contribution in [3.05, 3.63) is 56.7 Å². The SMILES string of the molecule is CCCCn1c(N)c(N(CC(=O)N(C)C)Cc2ccccc2)c(=O)[nH]c1=O. The van der Waals surface area contributed by atoms with Gasteiger partial charge in [-0.15, -0.1) is 0 Å². The van der Waals surface area contributed by atoms with E-state index in [2.05, 4.69) is 4.98 Å². The van der Waals surface area contributed by atoms with Crippen molar-refractivity contribution in [3.8, 4) is 0 Å². The van der Waals surface area contributed by atoms with Gasteiger partial charge < -0.3 is 15.5 Å². The maximum Gasteiger partial charge on any atom is 0.330 e. The average Bonchev–Trinajstić information content (AvgIpc) is 2.62. The number of aromatic nitrogens is 2. The van der Waals surface area contributed by atoms with Crippen LogP contribution in [0.2, 0.25) is 0 Å². The van der Waals surface area contributed by atoms with E-state index < -0.39 is 11.2 Å². The Hall–Kier alpha value is -3.03. The maximum atomic E-state index is 12.6. The molecule has 1 aromatic carbocycles. The Morgan fingerprint density at radius 1 is 1.19 bits per heavy atom. The predicted octanol–water partition coefficient (Wildman–Crippen LogP) is 1.01. The second-order valence-corrected chi connectivity index (χ2v) is 6.63. The van der Waals surface area contributed by atoms with Crippen LogP contribution >= 0.6 is 0 Å². The molecule has 0 aliphatic heterocycles. The van der Waals surface area contributed by atoms with Crippen LogP contribution in [0.15, 0.2) is 39.9 Å². The number of hydrogen-bond donors (Lipinski definition) is 2. The second kappa shape index (κ2) is 9.07. The number of aromatic amines is 1. The van der Waals surface area contributed by atoms with Crippen molar-refractivity contribution in [2.75, 3.05) is 31.3 Å². The number of nitrogens with one attached hydrogen (secondary N) is 1. The van der Waals surface area contributed by atoms with Gasteiger partial charge in [-0.2, -0.15) is 0 Å². The topological polar surface area (TPSA) is 104 Å². The van der Waals surface area contributed by atoms with Crippen molar-refractivity contribution in [2.24, 2.45) is 0 Å². The van der Waals surface area contributed by atoms with E-state index in [9.17, 15) is 14.4 Å². The molecule has 0 unspecified atom stereocenters. The summed E-state index contributed by atoms with van der Waals surface area (Å²) >= 11 is 0. The van der Waals surface area contributed by atoms with Gasteiger partial charge in [0.1, 0.15) is 11.5 Å². The van der Waals surface area contributed by atoms with Gasteiger partial charge in [-0.25, -0.2) is 4.79 Å². The van der Waals surface area contributed by atoms with E-state index in [4.69, 9.17) is 5.73 Å². The van der Waals surface area contributed by atoms with E-state index >= 15 is 0 Å². The van der Waals surface area contributed by atoms with Crippen molar-refractivity contribution in [1.29, 1.82) is 0 Å². The molecule has 2 rings (SSSR count). The van der Waals surface area contributed by atoms with E-state index in [1.54, 1.807) is 19.0 Å². The Labute approximate surface area is 158 Å². The highest BCUT2D eigenvalue weighted by Crippen LogP contribution is 2.19. The van der Waals surface area contributed by atoms with Gasteiger partial charge >= 0.3 is 5.69 Å². The number of unbranched alkanes of at least 4 members (excludes halogenated alkanes) is 1. The Kier molecular flexibility index (Phi) is 6.81. The van der Waals surface area contributed by atoms with Crippen LogP contribution in [0, 0.1) is 0 Å². The molecule has 2 aromatic rings. The molecule has 0 saturated heterocycles. The first-order valence-electron chi connectivity index (χ1n) is 8.96. The van der Waals surface area contributed by atoms with Crippen molar-refractivity contribution >= 4 is 17.4 Å². The van der Waals surface area contributed by atoms with E-state index in [1.165, 1.54) is 9.47 Å².